The minimum atomic E-state index is -1.04. The highest BCUT2D eigenvalue weighted by Gasteiger charge is 2.18. The summed E-state index contributed by atoms with van der Waals surface area (Å²) in [6.45, 7) is 3.76. The Hall–Kier alpha value is -3.28. The van der Waals surface area contributed by atoms with Crippen LogP contribution in [0.2, 0.25) is 10.0 Å². The van der Waals surface area contributed by atoms with E-state index in [9.17, 15) is 4.79 Å². The summed E-state index contributed by atoms with van der Waals surface area (Å²) in [4.78, 5) is 11.1. The van der Waals surface area contributed by atoms with Gasteiger partial charge in [0, 0.05) is 21.2 Å². The Morgan fingerprint density at radius 3 is 2.21 bits per heavy atom. The maximum Gasteiger partial charge on any atom is 0.341 e. The number of aliphatic carboxylic acids is 1. The van der Waals surface area contributed by atoms with Crippen molar-refractivity contribution in [1.29, 1.82) is 0 Å². The Kier molecular flexibility index (Phi) is 6.72. The van der Waals surface area contributed by atoms with Crippen LogP contribution in [0.5, 0.6) is 5.75 Å². The summed E-state index contributed by atoms with van der Waals surface area (Å²) in [6, 6.07) is 22.6. The molecule has 4 rings (SSSR count). The van der Waals surface area contributed by atoms with Crippen LogP contribution in [0.4, 0.5) is 0 Å². The molecule has 168 valence electrons. The summed E-state index contributed by atoms with van der Waals surface area (Å²) in [5.74, 6) is -0.293. The van der Waals surface area contributed by atoms with Crippen LogP contribution in [0.25, 0.3) is 28.2 Å². The molecule has 0 aliphatic heterocycles. The number of carboxylic acids is 1. The van der Waals surface area contributed by atoms with Crippen LogP contribution in [0.1, 0.15) is 25.3 Å². The molecule has 0 unspecified atom stereocenters. The average molecular weight is 481 g/mol. The van der Waals surface area contributed by atoms with Crippen LogP contribution in [0.3, 0.4) is 0 Å². The van der Waals surface area contributed by atoms with Crippen LogP contribution in [0, 0.1) is 0 Å². The molecule has 0 aliphatic carbocycles. The van der Waals surface area contributed by atoms with Gasteiger partial charge in [0.15, 0.2) is 6.61 Å². The van der Waals surface area contributed by atoms with Crippen molar-refractivity contribution in [3.63, 3.8) is 0 Å². The first-order chi connectivity index (χ1) is 15.8. The van der Waals surface area contributed by atoms with Gasteiger partial charge in [-0.1, -0.05) is 55.2 Å². The van der Waals surface area contributed by atoms with Crippen molar-refractivity contribution < 1.29 is 14.6 Å². The number of hydrogen-bond acceptors (Lipinski definition) is 3. The Balaban J connectivity index is 1.90. The zero-order chi connectivity index (χ0) is 23.5. The van der Waals surface area contributed by atoms with E-state index in [4.69, 9.17) is 38.1 Å². The molecule has 7 heteroatoms. The van der Waals surface area contributed by atoms with Gasteiger partial charge in [-0.05, 0) is 66.1 Å². The molecule has 1 N–H and O–H groups in total. The number of nitrogens with zero attached hydrogens (tertiary/aromatic N) is 2. The highest BCUT2D eigenvalue weighted by atomic mass is 35.5. The predicted octanol–water partition coefficient (Wildman–Crippen LogP) is 7.10. The normalized spacial score (nSPS) is 11.1. The van der Waals surface area contributed by atoms with Crippen molar-refractivity contribution in [3.05, 3.63) is 88.4 Å². The molecular formula is C26H22Cl2N2O3. The highest BCUT2D eigenvalue weighted by Crippen LogP contribution is 2.36. The molecule has 0 bridgehead atoms. The molecule has 1 heterocycles. The van der Waals surface area contributed by atoms with Gasteiger partial charge in [-0.2, -0.15) is 5.10 Å². The molecule has 3 aromatic carbocycles. The van der Waals surface area contributed by atoms with Gasteiger partial charge < -0.3 is 9.84 Å². The van der Waals surface area contributed by atoms with Gasteiger partial charge in [0.25, 0.3) is 0 Å². The third-order valence-corrected chi connectivity index (χ3v) is 5.72. The molecule has 0 radical (unpaired) electrons. The van der Waals surface area contributed by atoms with Crippen molar-refractivity contribution in [2.75, 3.05) is 6.61 Å². The minimum absolute atomic E-state index is 0.284. The van der Waals surface area contributed by atoms with Crippen molar-refractivity contribution in [1.82, 2.24) is 9.78 Å². The maximum absolute atomic E-state index is 11.1. The molecule has 0 saturated carbocycles. The van der Waals surface area contributed by atoms with Gasteiger partial charge in [-0.3, -0.25) is 0 Å². The van der Waals surface area contributed by atoms with E-state index in [0.29, 0.717) is 21.5 Å². The lowest BCUT2D eigenvalue weighted by molar-refractivity contribution is -0.139. The first-order valence-corrected chi connectivity index (χ1v) is 11.2. The number of aromatic nitrogens is 2. The van der Waals surface area contributed by atoms with Gasteiger partial charge in [-0.15, -0.1) is 0 Å². The lowest BCUT2D eigenvalue weighted by Crippen LogP contribution is -2.10. The van der Waals surface area contributed by atoms with Crippen molar-refractivity contribution in [2.24, 2.45) is 0 Å². The summed E-state index contributed by atoms with van der Waals surface area (Å²) in [5.41, 5.74) is 5.11. The molecule has 5 nitrogen and oxygen atoms in total. The third-order valence-electron chi connectivity index (χ3n) is 5.22. The Morgan fingerprint density at radius 1 is 0.970 bits per heavy atom. The van der Waals surface area contributed by atoms with Crippen molar-refractivity contribution in [2.45, 2.75) is 19.8 Å². The average Bonchev–Trinajstić information content (AvgIpc) is 3.23. The van der Waals surface area contributed by atoms with Gasteiger partial charge >= 0.3 is 5.97 Å². The lowest BCUT2D eigenvalue weighted by Gasteiger charge is -2.12. The second-order valence-corrected chi connectivity index (χ2v) is 8.78. The standard InChI is InChI=1S/C26H22Cl2N2O3/c1-16(2)18-5-12-25(33-15-26(31)32)22(13-18)23-14-24(17-3-6-19(27)7-4-17)30(29-23)21-10-8-20(28)9-11-21/h3-14,16H,15H2,1-2H3,(H,31,32). The van der Waals surface area contributed by atoms with E-state index < -0.39 is 12.6 Å². The monoisotopic (exact) mass is 480 g/mol. The van der Waals surface area contributed by atoms with E-state index in [1.165, 1.54) is 0 Å². The minimum Gasteiger partial charge on any atom is -0.481 e. The predicted molar refractivity (Wildman–Crippen MR) is 132 cm³/mol. The molecule has 0 spiro atoms. The summed E-state index contributed by atoms with van der Waals surface area (Å²) in [7, 11) is 0. The van der Waals surface area contributed by atoms with Gasteiger partial charge in [0.1, 0.15) is 5.75 Å². The SMILES string of the molecule is CC(C)c1ccc(OCC(=O)O)c(-c2cc(-c3ccc(Cl)cc3)n(-c3ccc(Cl)cc3)n2)c1. The van der Waals surface area contributed by atoms with Crippen LogP contribution in [-0.2, 0) is 4.79 Å². The Morgan fingerprint density at radius 2 is 1.61 bits per heavy atom. The molecule has 0 aliphatic rings. The summed E-state index contributed by atoms with van der Waals surface area (Å²) in [5, 5.41) is 15.3. The number of carboxylic acid groups (broad SMARTS) is 1. The van der Waals surface area contributed by atoms with E-state index in [0.717, 1.165) is 28.1 Å². The fourth-order valence-corrected chi connectivity index (χ4v) is 3.74. The third kappa shape index (κ3) is 5.21. The molecule has 1 aromatic heterocycles. The molecule has 33 heavy (non-hydrogen) atoms. The quantitative estimate of drug-likeness (QED) is 0.306. The molecule has 0 atom stereocenters. The first kappa shape index (κ1) is 22.9. The van der Waals surface area contributed by atoms with Crippen molar-refractivity contribution in [3.8, 4) is 34.0 Å². The lowest BCUT2D eigenvalue weighted by atomic mass is 9.98. The maximum atomic E-state index is 11.1. The summed E-state index contributed by atoms with van der Waals surface area (Å²) < 4.78 is 7.43. The fourth-order valence-electron chi connectivity index (χ4n) is 3.49. The van der Waals surface area contributed by atoms with Crippen LogP contribution >= 0.6 is 23.2 Å². The summed E-state index contributed by atoms with van der Waals surface area (Å²) >= 11 is 12.2. The number of halogens is 2. The number of carbonyl (C=O) groups is 1. The molecule has 0 saturated heterocycles. The smallest absolute Gasteiger partial charge is 0.341 e. The number of ether oxygens (including phenoxy) is 1. The zero-order valence-electron chi connectivity index (χ0n) is 18.1. The first-order valence-electron chi connectivity index (χ1n) is 10.4. The highest BCUT2D eigenvalue weighted by molar-refractivity contribution is 6.30. The number of rotatable bonds is 7. The fraction of sp³-hybridized carbons (Fsp3) is 0.154. The van der Waals surface area contributed by atoms with Crippen LogP contribution < -0.4 is 4.74 Å². The molecule has 0 amide bonds. The van der Waals surface area contributed by atoms with Gasteiger partial charge in [0.05, 0.1) is 17.1 Å². The largest absolute Gasteiger partial charge is 0.481 e. The molecular weight excluding hydrogens is 459 g/mol. The van der Waals surface area contributed by atoms with Crippen LogP contribution in [-0.4, -0.2) is 27.5 Å². The number of hydrogen-bond donors (Lipinski definition) is 1. The van der Waals surface area contributed by atoms with Gasteiger partial charge in [0.2, 0.25) is 0 Å². The Bertz CT molecular complexity index is 1220. The number of benzene rings is 3. The van der Waals surface area contributed by atoms with Crippen LogP contribution in [0.15, 0.2) is 72.8 Å². The van der Waals surface area contributed by atoms with E-state index in [2.05, 4.69) is 13.8 Å². The van der Waals surface area contributed by atoms with E-state index in [-0.39, 0.29) is 5.92 Å². The second kappa shape index (κ2) is 9.69. The van der Waals surface area contributed by atoms with E-state index >= 15 is 0 Å². The molecule has 4 aromatic rings. The second-order valence-electron chi connectivity index (χ2n) is 7.90. The van der Waals surface area contributed by atoms with E-state index in [1.54, 1.807) is 6.07 Å². The van der Waals surface area contributed by atoms with Gasteiger partial charge in [-0.25, -0.2) is 9.48 Å². The van der Waals surface area contributed by atoms with E-state index in [1.807, 2.05) is 71.4 Å². The summed E-state index contributed by atoms with van der Waals surface area (Å²) in [6.07, 6.45) is 0. The molecule has 0 fully saturated rings. The topological polar surface area (TPSA) is 64.3 Å². The van der Waals surface area contributed by atoms with Crippen molar-refractivity contribution >= 4 is 29.2 Å². The Labute approximate surface area is 202 Å². The zero-order valence-corrected chi connectivity index (χ0v) is 19.6.